The van der Waals surface area contributed by atoms with Crippen molar-refractivity contribution in [2.24, 2.45) is 11.8 Å². The molecule has 1 aliphatic carbocycles. The number of aromatic hydroxyl groups is 1. The highest BCUT2D eigenvalue weighted by atomic mass is 16.6. The topological polar surface area (TPSA) is 180 Å². The molecule has 1 amide bonds. The molecule has 13 heteroatoms. The highest BCUT2D eigenvalue weighted by molar-refractivity contribution is 6.06. The molecule has 3 aromatic rings. The predicted molar refractivity (Wildman–Crippen MR) is 235 cm³/mol. The minimum atomic E-state index is -1.10. The SMILES string of the molecule is C=C(C)[C@@H]1CCC(C)=C[C@H]1c1c(O)cc(CCCCC)cc1OC(=O)CC/C=C/C1=C(C(=O)OC(=O)c2ccc([N+](=O)[O-])cc2)N2C(=O)[C@@H](CC(=O)COc3ccccc3)[C@H]2CC1. The maximum Gasteiger partial charge on any atom is 0.363 e. The second kappa shape index (κ2) is 21.0. The van der Waals surface area contributed by atoms with Crippen LogP contribution < -0.4 is 9.47 Å². The summed E-state index contributed by atoms with van der Waals surface area (Å²) in [6, 6.07) is 16.5. The Hall–Kier alpha value is -6.63. The van der Waals surface area contributed by atoms with Gasteiger partial charge in [0.05, 0.1) is 16.4 Å². The number of non-ortho nitro benzene ring substituents is 1. The van der Waals surface area contributed by atoms with Gasteiger partial charge in [0.2, 0.25) is 5.91 Å². The number of carbonyl (C=O) groups is 5. The second-order valence-corrected chi connectivity index (χ2v) is 16.5. The summed E-state index contributed by atoms with van der Waals surface area (Å²) in [7, 11) is 0. The third kappa shape index (κ3) is 11.3. The summed E-state index contributed by atoms with van der Waals surface area (Å²) in [5.41, 5.74) is 3.47. The summed E-state index contributed by atoms with van der Waals surface area (Å²) in [4.78, 5) is 78.8. The first kappa shape index (κ1) is 45.9. The molecule has 0 saturated carbocycles. The van der Waals surface area contributed by atoms with Crippen LogP contribution in [0.5, 0.6) is 17.2 Å². The van der Waals surface area contributed by atoms with Crippen molar-refractivity contribution in [3.05, 3.63) is 141 Å². The predicted octanol–water partition coefficient (Wildman–Crippen LogP) is 9.59. The molecule has 13 nitrogen and oxygen atoms in total. The zero-order valence-electron chi connectivity index (χ0n) is 36.0. The Morgan fingerprint density at radius 1 is 1.00 bits per heavy atom. The first-order valence-electron chi connectivity index (χ1n) is 21.6. The van der Waals surface area contributed by atoms with Crippen molar-refractivity contribution in [2.75, 3.05) is 6.61 Å². The first-order valence-corrected chi connectivity index (χ1v) is 21.6. The molecule has 0 unspecified atom stereocenters. The molecule has 0 aromatic heterocycles. The summed E-state index contributed by atoms with van der Waals surface area (Å²) >= 11 is 0. The number of aryl methyl sites for hydroxylation is 1. The monoisotopic (exact) mass is 858 g/mol. The third-order valence-electron chi connectivity index (χ3n) is 11.9. The number of ketones is 1. The Balaban J connectivity index is 1.19. The van der Waals surface area contributed by atoms with Crippen LogP contribution in [-0.2, 0) is 30.3 Å². The lowest BCUT2D eigenvalue weighted by molar-refractivity contribution is -0.384. The number of Topliss-reactive ketones (excluding diaryl/α,β-unsaturated/α-hetero) is 1. The maximum absolute atomic E-state index is 13.8. The van der Waals surface area contributed by atoms with E-state index in [9.17, 15) is 39.2 Å². The molecule has 63 heavy (non-hydrogen) atoms. The average molecular weight is 859 g/mol. The first-order chi connectivity index (χ1) is 30.2. The quantitative estimate of drug-likeness (QED) is 0.0177. The number of carbonyl (C=O) groups excluding carboxylic acids is 5. The fourth-order valence-electron chi connectivity index (χ4n) is 8.61. The largest absolute Gasteiger partial charge is 0.507 e. The Bertz CT molecular complexity index is 2340. The lowest BCUT2D eigenvalue weighted by Crippen LogP contribution is -2.63. The zero-order chi connectivity index (χ0) is 45.2. The van der Waals surface area contributed by atoms with Crippen molar-refractivity contribution in [2.45, 2.75) is 103 Å². The zero-order valence-corrected chi connectivity index (χ0v) is 36.0. The number of ether oxygens (including phenoxy) is 3. The van der Waals surface area contributed by atoms with E-state index in [0.717, 1.165) is 61.8 Å². The number of nitro groups is 1. The molecular formula is C50H54N2O11. The van der Waals surface area contributed by atoms with Gasteiger partial charge in [-0.1, -0.05) is 73.9 Å². The summed E-state index contributed by atoms with van der Waals surface area (Å²) in [6.45, 7) is 10.1. The van der Waals surface area contributed by atoms with E-state index in [2.05, 4.69) is 26.5 Å². The number of nitro benzene ring substituents is 1. The number of amides is 1. The van der Waals surface area contributed by atoms with Crippen LogP contribution in [0.1, 0.15) is 112 Å². The highest BCUT2D eigenvalue weighted by Gasteiger charge is 2.53. The molecule has 2 heterocycles. The minimum Gasteiger partial charge on any atom is -0.507 e. The molecule has 1 N–H and O–H groups in total. The van der Waals surface area contributed by atoms with Crippen molar-refractivity contribution >= 4 is 35.3 Å². The molecule has 0 radical (unpaired) electrons. The van der Waals surface area contributed by atoms with Crippen LogP contribution in [0.4, 0.5) is 5.69 Å². The number of benzene rings is 3. The number of β-lactam (4-membered cyclic amide) rings is 1. The standard InChI is InChI=1S/C50H54N2O11/c1-5-6-8-13-33-27-43(54)46(40-26-32(4)18-24-39(40)31(2)3)44(28-33)62-45(55)17-12-11-14-34-21-25-42-41(29-37(53)30-61-38-15-9-7-10-16-38)48(56)51(42)47(34)50(58)63-49(57)35-19-22-36(23-20-35)52(59)60/h7,9-11,14-16,19-20,22-23,26-28,39-42,54H,2,5-6,8,12-13,17-18,21,24-25,29-30H2,1,3-4H3/b14-11+/t39-,40+,41-,42+/m0/s1. The molecule has 3 aromatic carbocycles. The van der Waals surface area contributed by atoms with Gasteiger partial charge in [-0.25, -0.2) is 9.59 Å². The van der Waals surface area contributed by atoms with Gasteiger partial charge in [0.1, 0.15) is 29.6 Å². The van der Waals surface area contributed by atoms with Gasteiger partial charge in [0.15, 0.2) is 5.78 Å². The van der Waals surface area contributed by atoms with E-state index in [1.54, 1.807) is 42.5 Å². The van der Waals surface area contributed by atoms with Gasteiger partial charge in [0.25, 0.3) is 5.69 Å². The molecule has 2 aliphatic heterocycles. The van der Waals surface area contributed by atoms with E-state index in [4.69, 9.17) is 14.2 Å². The van der Waals surface area contributed by atoms with Gasteiger partial charge in [-0.2, -0.15) is 0 Å². The molecule has 4 atom stereocenters. The van der Waals surface area contributed by atoms with Gasteiger partial charge in [-0.15, -0.1) is 0 Å². The average Bonchev–Trinajstić information content (AvgIpc) is 3.26. The number of allylic oxidation sites excluding steroid dienone is 6. The number of rotatable bonds is 19. The van der Waals surface area contributed by atoms with E-state index in [-0.39, 0.29) is 66.2 Å². The van der Waals surface area contributed by atoms with E-state index in [1.807, 2.05) is 19.1 Å². The maximum atomic E-state index is 13.8. The fraction of sp³-hybridized carbons (Fsp3) is 0.380. The Morgan fingerprint density at radius 3 is 2.44 bits per heavy atom. The molecule has 1 fully saturated rings. The Morgan fingerprint density at radius 2 is 1.75 bits per heavy atom. The number of phenols is 1. The summed E-state index contributed by atoms with van der Waals surface area (Å²) in [6.07, 6.45) is 11.7. The minimum absolute atomic E-state index is 0.0492. The Kier molecular flexibility index (Phi) is 15.3. The van der Waals surface area contributed by atoms with Crippen molar-refractivity contribution in [3.63, 3.8) is 0 Å². The van der Waals surface area contributed by atoms with Gasteiger partial charge in [0, 0.05) is 42.5 Å². The molecule has 0 bridgehead atoms. The second-order valence-electron chi connectivity index (χ2n) is 16.5. The summed E-state index contributed by atoms with van der Waals surface area (Å²) in [5.74, 6) is -3.43. The lowest BCUT2D eigenvalue weighted by Gasteiger charge is -2.50. The number of nitrogens with zero attached hydrogens (tertiary/aromatic N) is 2. The number of hydrogen-bond acceptors (Lipinski definition) is 11. The normalized spacial score (nSPS) is 19.4. The van der Waals surface area contributed by atoms with Crippen molar-refractivity contribution in [1.82, 2.24) is 4.90 Å². The van der Waals surface area contributed by atoms with Crippen LogP contribution in [0.3, 0.4) is 0 Å². The number of hydrogen-bond donors (Lipinski definition) is 1. The molecule has 330 valence electrons. The van der Waals surface area contributed by atoms with Gasteiger partial charge < -0.3 is 24.2 Å². The smallest absolute Gasteiger partial charge is 0.363 e. The van der Waals surface area contributed by atoms with Gasteiger partial charge in [-0.05, 0) is 112 Å². The number of phenolic OH excluding ortho intramolecular Hbond substituents is 1. The van der Waals surface area contributed by atoms with E-state index in [0.29, 0.717) is 35.5 Å². The van der Waals surface area contributed by atoms with Crippen LogP contribution in [0, 0.1) is 22.0 Å². The van der Waals surface area contributed by atoms with Gasteiger partial charge in [-0.3, -0.25) is 24.5 Å². The van der Waals surface area contributed by atoms with Crippen LogP contribution in [-0.4, -0.2) is 57.2 Å². The summed E-state index contributed by atoms with van der Waals surface area (Å²) in [5, 5.41) is 22.6. The van der Waals surface area contributed by atoms with Crippen LogP contribution in [0.15, 0.2) is 114 Å². The van der Waals surface area contributed by atoms with E-state index in [1.165, 1.54) is 22.6 Å². The summed E-state index contributed by atoms with van der Waals surface area (Å²) < 4.78 is 16.9. The molecule has 6 rings (SSSR count). The molecular weight excluding hydrogens is 805 g/mol. The number of unbranched alkanes of at least 4 members (excludes halogenated alkanes) is 2. The highest BCUT2D eigenvalue weighted by Crippen LogP contribution is 2.47. The van der Waals surface area contributed by atoms with Crippen LogP contribution in [0.25, 0.3) is 0 Å². The Labute approximate surface area is 367 Å². The lowest BCUT2D eigenvalue weighted by atomic mass is 9.73. The van der Waals surface area contributed by atoms with Crippen molar-refractivity contribution in [3.8, 4) is 17.2 Å². The van der Waals surface area contributed by atoms with Crippen molar-refractivity contribution < 1.29 is 48.2 Å². The number of fused-ring (bicyclic) bond motifs is 1. The molecule has 1 saturated heterocycles. The van der Waals surface area contributed by atoms with Crippen molar-refractivity contribution in [1.29, 1.82) is 0 Å². The number of esters is 3. The fourth-order valence-corrected chi connectivity index (χ4v) is 8.61. The number of para-hydroxylation sites is 1. The van der Waals surface area contributed by atoms with Crippen LogP contribution >= 0.6 is 0 Å². The van der Waals surface area contributed by atoms with E-state index >= 15 is 0 Å². The van der Waals surface area contributed by atoms with Crippen LogP contribution in [0.2, 0.25) is 0 Å². The van der Waals surface area contributed by atoms with Gasteiger partial charge >= 0.3 is 17.9 Å². The van der Waals surface area contributed by atoms with E-state index < -0.39 is 40.7 Å². The third-order valence-corrected chi connectivity index (χ3v) is 11.9. The molecule has 3 aliphatic rings. The molecule has 0 spiro atoms.